The lowest BCUT2D eigenvalue weighted by molar-refractivity contribution is 0.0919. The maximum Gasteiger partial charge on any atom is 0.257 e. The molecule has 0 spiro atoms. The molecule has 4 N–H and O–H groups in total. The number of nitriles is 1. The number of carbonyl (C=O) groups excluding carboxylic acids is 1. The van der Waals surface area contributed by atoms with Gasteiger partial charge >= 0.3 is 0 Å². The second-order valence-corrected chi connectivity index (χ2v) is 8.24. The van der Waals surface area contributed by atoms with Crippen molar-refractivity contribution in [1.29, 1.82) is 5.26 Å². The predicted octanol–water partition coefficient (Wildman–Crippen LogP) is 2.74. The highest BCUT2D eigenvalue weighted by molar-refractivity contribution is 5.96. The SMILES string of the molecule is CCc1cc(Nc2nccn3c(-c4cn(CC(F)F)nc4C#N)cnc23)ccc1C(=O)NCCOCCN. The van der Waals surface area contributed by atoms with Gasteiger partial charge in [0.15, 0.2) is 17.2 Å². The van der Waals surface area contributed by atoms with Crippen molar-refractivity contribution < 1.29 is 18.3 Å². The van der Waals surface area contributed by atoms with Crippen molar-refractivity contribution in [3.8, 4) is 17.3 Å². The number of alkyl halides is 2. The smallest absolute Gasteiger partial charge is 0.257 e. The number of hydrogen-bond acceptors (Lipinski definition) is 8. The van der Waals surface area contributed by atoms with E-state index in [1.807, 2.05) is 19.1 Å². The third-order valence-electron chi connectivity index (χ3n) is 5.68. The highest BCUT2D eigenvalue weighted by Crippen LogP contribution is 2.28. The number of ether oxygens (including phenoxy) is 1. The normalized spacial score (nSPS) is 11.2. The summed E-state index contributed by atoms with van der Waals surface area (Å²) in [4.78, 5) is 21.5. The van der Waals surface area contributed by atoms with Gasteiger partial charge in [-0.25, -0.2) is 18.7 Å². The molecule has 4 aromatic rings. The quantitative estimate of drug-likeness (QED) is 0.240. The Bertz CT molecular complexity index is 1460. The van der Waals surface area contributed by atoms with Gasteiger partial charge in [-0.3, -0.25) is 13.9 Å². The number of fused-ring (bicyclic) bond motifs is 1. The molecule has 1 aromatic carbocycles. The summed E-state index contributed by atoms with van der Waals surface area (Å²) in [7, 11) is 0. The summed E-state index contributed by atoms with van der Waals surface area (Å²) in [6.45, 7) is 2.98. The fourth-order valence-electron chi connectivity index (χ4n) is 3.97. The molecular weight excluding hydrogens is 496 g/mol. The molecule has 11 nitrogen and oxygen atoms in total. The molecule has 0 aliphatic heterocycles. The first-order valence-corrected chi connectivity index (χ1v) is 12.0. The van der Waals surface area contributed by atoms with Crippen LogP contribution in [0.5, 0.6) is 0 Å². The van der Waals surface area contributed by atoms with E-state index in [9.17, 15) is 18.8 Å². The fraction of sp³-hybridized carbons (Fsp3) is 0.320. The Morgan fingerprint density at radius 1 is 1.29 bits per heavy atom. The first-order valence-electron chi connectivity index (χ1n) is 12.0. The Morgan fingerprint density at radius 3 is 2.87 bits per heavy atom. The highest BCUT2D eigenvalue weighted by atomic mass is 19.3. The van der Waals surface area contributed by atoms with Crippen LogP contribution in [0.25, 0.3) is 16.9 Å². The van der Waals surface area contributed by atoms with Crippen LogP contribution < -0.4 is 16.4 Å². The summed E-state index contributed by atoms with van der Waals surface area (Å²) in [5, 5.41) is 19.5. The Kier molecular flexibility index (Phi) is 8.57. The number of anilines is 2. The topological polar surface area (TPSA) is 148 Å². The largest absolute Gasteiger partial charge is 0.378 e. The first kappa shape index (κ1) is 26.6. The maximum absolute atomic E-state index is 12.8. The molecule has 198 valence electrons. The Balaban J connectivity index is 1.56. The molecule has 0 aliphatic carbocycles. The van der Waals surface area contributed by atoms with Gasteiger partial charge in [-0.1, -0.05) is 6.92 Å². The number of nitrogens with zero attached hydrogens (tertiary/aromatic N) is 6. The van der Waals surface area contributed by atoms with E-state index in [1.165, 1.54) is 12.4 Å². The summed E-state index contributed by atoms with van der Waals surface area (Å²) < 4.78 is 33.7. The van der Waals surface area contributed by atoms with Crippen molar-refractivity contribution in [1.82, 2.24) is 29.5 Å². The van der Waals surface area contributed by atoms with E-state index in [2.05, 4.69) is 25.7 Å². The van der Waals surface area contributed by atoms with Crippen LogP contribution >= 0.6 is 0 Å². The molecule has 4 rings (SSSR count). The molecule has 0 bridgehead atoms. The lowest BCUT2D eigenvalue weighted by Gasteiger charge is -2.13. The Morgan fingerprint density at radius 2 is 2.13 bits per heavy atom. The van der Waals surface area contributed by atoms with Crippen LogP contribution in [0.2, 0.25) is 0 Å². The van der Waals surface area contributed by atoms with Gasteiger partial charge in [0.1, 0.15) is 12.6 Å². The third-order valence-corrected chi connectivity index (χ3v) is 5.68. The molecular formula is C25H27F2N9O2. The third kappa shape index (κ3) is 5.93. The number of benzene rings is 1. The van der Waals surface area contributed by atoms with E-state index < -0.39 is 13.0 Å². The maximum atomic E-state index is 12.8. The average molecular weight is 524 g/mol. The molecule has 0 atom stereocenters. The number of aryl methyl sites for hydroxylation is 1. The van der Waals surface area contributed by atoms with Gasteiger partial charge in [-0.15, -0.1) is 0 Å². The van der Waals surface area contributed by atoms with E-state index in [0.29, 0.717) is 66.7 Å². The molecule has 3 heterocycles. The van der Waals surface area contributed by atoms with Gasteiger partial charge in [-0.05, 0) is 30.2 Å². The minimum absolute atomic E-state index is 0.0196. The second kappa shape index (κ2) is 12.2. The van der Waals surface area contributed by atoms with Gasteiger partial charge in [0.2, 0.25) is 0 Å². The van der Waals surface area contributed by atoms with Crippen molar-refractivity contribution >= 4 is 23.1 Å². The molecule has 0 fully saturated rings. The van der Waals surface area contributed by atoms with Crippen molar-refractivity contribution in [3.63, 3.8) is 0 Å². The van der Waals surface area contributed by atoms with E-state index in [0.717, 1.165) is 10.2 Å². The lowest BCUT2D eigenvalue weighted by atomic mass is 10.0. The minimum atomic E-state index is -2.60. The van der Waals surface area contributed by atoms with Crippen LogP contribution in [0.3, 0.4) is 0 Å². The Labute approximate surface area is 217 Å². The molecule has 38 heavy (non-hydrogen) atoms. The van der Waals surface area contributed by atoms with E-state index in [1.54, 1.807) is 28.9 Å². The molecule has 3 aromatic heterocycles. The van der Waals surface area contributed by atoms with E-state index in [4.69, 9.17) is 10.5 Å². The molecule has 13 heteroatoms. The van der Waals surface area contributed by atoms with Crippen molar-refractivity contribution in [2.75, 3.05) is 31.6 Å². The minimum Gasteiger partial charge on any atom is -0.378 e. The van der Waals surface area contributed by atoms with Crippen LogP contribution in [-0.4, -0.2) is 62.8 Å². The second-order valence-electron chi connectivity index (χ2n) is 8.24. The lowest BCUT2D eigenvalue weighted by Crippen LogP contribution is -2.28. The van der Waals surface area contributed by atoms with Gasteiger partial charge < -0.3 is 21.1 Å². The number of imidazole rings is 1. The molecule has 0 aliphatic rings. The molecule has 0 saturated heterocycles. The van der Waals surface area contributed by atoms with Crippen molar-refractivity contribution in [3.05, 3.63) is 59.8 Å². The number of amides is 1. The molecule has 0 saturated carbocycles. The Hall–Kier alpha value is -4.41. The van der Waals surface area contributed by atoms with Gasteiger partial charge in [0, 0.05) is 42.9 Å². The van der Waals surface area contributed by atoms with Crippen molar-refractivity contribution in [2.45, 2.75) is 26.3 Å². The van der Waals surface area contributed by atoms with Crippen LogP contribution in [-0.2, 0) is 17.7 Å². The summed E-state index contributed by atoms with van der Waals surface area (Å²) in [6.07, 6.45) is 4.20. The number of halogens is 2. The van der Waals surface area contributed by atoms with E-state index >= 15 is 0 Å². The first-order chi connectivity index (χ1) is 18.4. The highest BCUT2D eigenvalue weighted by Gasteiger charge is 2.18. The van der Waals surface area contributed by atoms with Crippen LogP contribution in [0.4, 0.5) is 20.3 Å². The zero-order valence-corrected chi connectivity index (χ0v) is 20.7. The summed E-state index contributed by atoms with van der Waals surface area (Å²) in [6, 6.07) is 7.34. The van der Waals surface area contributed by atoms with Crippen LogP contribution in [0.1, 0.15) is 28.5 Å². The number of rotatable bonds is 12. The number of nitrogens with two attached hydrogens (primary N) is 1. The van der Waals surface area contributed by atoms with Gasteiger partial charge in [0.25, 0.3) is 12.3 Å². The standard InChI is InChI=1S/C25H27F2N9O2/c1-2-16-11-17(3-4-18(16)25(37)31-7-10-38-9-5-28)33-23-24-32-13-21(36(24)8-6-30-23)19-14-35(15-22(26)27)34-20(19)12-29/h3-4,6,8,11,13-14,22H,2,5,7,9-10,15,28H2,1H3,(H,30,33)(H,31,37). The van der Waals surface area contributed by atoms with Gasteiger partial charge in [-0.2, -0.15) is 10.4 Å². The monoisotopic (exact) mass is 523 g/mol. The van der Waals surface area contributed by atoms with Crippen LogP contribution in [0, 0.1) is 11.3 Å². The number of carbonyl (C=O) groups is 1. The number of hydrogen-bond donors (Lipinski definition) is 3. The van der Waals surface area contributed by atoms with Crippen LogP contribution in [0.15, 0.2) is 43.0 Å². The average Bonchev–Trinajstić information content (AvgIpc) is 3.52. The summed E-state index contributed by atoms with van der Waals surface area (Å²) >= 11 is 0. The zero-order valence-electron chi connectivity index (χ0n) is 20.7. The predicted molar refractivity (Wildman–Crippen MR) is 136 cm³/mol. The molecule has 0 unspecified atom stereocenters. The summed E-state index contributed by atoms with van der Waals surface area (Å²) in [5.74, 6) is 0.247. The fourth-order valence-corrected chi connectivity index (χ4v) is 3.97. The summed E-state index contributed by atoms with van der Waals surface area (Å²) in [5.41, 5.74) is 8.88. The molecule has 1 amide bonds. The van der Waals surface area contributed by atoms with Gasteiger partial charge in [0.05, 0.1) is 30.7 Å². The number of aromatic nitrogens is 5. The van der Waals surface area contributed by atoms with Crippen molar-refractivity contribution in [2.24, 2.45) is 5.73 Å². The molecule has 0 radical (unpaired) electrons. The zero-order chi connectivity index (χ0) is 27.1. The van der Waals surface area contributed by atoms with E-state index in [-0.39, 0.29) is 11.6 Å². The number of nitrogens with one attached hydrogen (secondary N) is 2.